The Morgan fingerprint density at radius 1 is 1.00 bits per heavy atom. The number of rotatable bonds is 7. The van der Waals surface area contributed by atoms with Gasteiger partial charge in [0.2, 0.25) is 17.7 Å². The average molecular weight is 517 g/mol. The van der Waals surface area contributed by atoms with Gasteiger partial charge in [-0.25, -0.2) is 0 Å². The highest BCUT2D eigenvalue weighted by molar-refractivity contribution is 6.08. The lowest BCUT2D eigenvalue weighted by molar-refractivity contribution is -0.138. The molecule has 3 amide bonds. The van der Waals surface area contributed by atoms with Gasteiger partial charge < -0.3 is 20.9 Å². The van der Waals surface area contributed by atoms with Crippen LogP contribution in [0.15, 0.2) is 54.6 Å². The second-order valence-corrected chi connectivity index (χ2v) is 11.8. The molecule has 2 aromatic rings. The number of para-hydroxylation sites is 1. The van der Waals surface area contributed by atoms with Gasteiger partial charge in [0.05, 0.1) is 11.0 Å². The first-order valence-electron chi connectivity index (χ1n) is 14.1. The lowest BCUT2D eigenvalue weighted by Crippen LogP contribution is -2.59. The Kier molecular flexibility index (Phi) is 7.32. The third kappa shape index (κ3) is 4.96. The maximum atomic E-state index is 13.8. The fourth-order valence-electron chi connectivity index (χ4n) is 6.41. The second-order valence-electron chi connectivity index (χ2n) is 11.8. The topological polar surface area (TPSA) is 95.7 Å². The highest BCUT2D eigenvalue weighted by Crippen LogP contribution is 2.43. The summed E-state index contributed by atoms with van der Waals surface area (Å²) < 4.78 is 0. The van der Waals surface area contributed by atoms with Crippen molar-refractivity contribution in [3.63, 3.8) is 0 Å². The van der Waals surface area contributed by atoms with E-state index >= 15 is 0 Å². The number of nitrogens with zero attached hydrogens (tertiary/aromatic N) is 2. The van der Waals surface area contributed by atoms with Gasteiger partial charge in [-0.3, -0.25) is 14.4 Å². The van der Waals surface area contributed by atoms with Gasteiger partial charge in [0.15, 0.2) is 0 Å². The molecule has 0 spiro atoms. The number of nitrogens with one attached hydrogen (secondary N) is 1. The van der Waals surface area contributed by atoms with Gasteiger partial charge in [-0.15, -0.1) is 0 Å². The number of aryl methyl sites for hydroxylation is 1. The maximum Gasteiger partial charge on any atom is 0.245 e. The number of nitrogens with two attached hydrogens (primary N) is 1. The molecule has 38 heavy (non-hydrogen) atoms. The van der Waals surface area contributed by atoms with Crippen molar-refractivity contribution >= 4 is 23.4 Å². The quantitative estimate of drug-likeness (QED) is 0.587. The summed E-state index contributed by atoms with van der Waals surface area (Å²) in [6.45, 7) is 5.09. The van der Waals surface area contributed by atoms with Crippen molar-refractivity contribution < 1.29 is 14.4 Å². The number of anilines is 1. The summed E-state index contributed by atoms with van der Waals surface area (Å²) in [6.07, 6.45) is 5.84. The van der Waals surface area contributed by atoms with E-state index in [2.05, 4.69) is 5.32 Å². The highest BCUT2D eigenvalue weighted by atomic mass is 16.2. The number of carbonyl (C=O) groups is 3. The predicted octanol–water partition coefficient (Wildman–Crippen LogP) is 3.69. The van der Waals surface area contributed by atoms with Crippen LogP contribution in [0, 0.1) is 0 Å². The first kappa shape index (κ1) is 26.4. The van der Waals surface area contributed by atoms with Crippen LogP contribution in [0.2, 0.25) is 0 Å². The minimum absolute atomic E-state index is 0.0530. The van der Waals surface area contributed by atoms with Gasteiger partial charge in [-0.1, -0.05) is 61.4 Å². The van der Waals surface area contributed by atoms with Crippen LogP contribution in [0.25, 0.3) is 0 Å². The van der Waals surface area contributed by atoms with E-state index < -0.39 is 17.0 Å². The van der Waals surface area contributed by atoms with Gasteiger partial charge >= 0.3 is 0 Å². The normalized spacial score (nSPS) is 21.3. The molecule has 2 aliphatic heterocycles. The molecule has 3 aliphatic rings. The van der Waals surface area contributed by atoms with Gasteiger partial charge in [0.25, 0.3) is 0 Å². The minimum Gasteiger partial charge on any atom is -0.343 e. The van der Waals surface area contributed by atoms with Crippen LogP contribution >= 0.6 is 0 Å². The summed E-state index contributed by atoms with van der Waals surface area (Å²) in [5, 5.41) is 3.04. The van der Waals surface area contributed by atoms with Crippen LogP contribution in [-0.2, 0) is 26.2 Å². The lowest BCUT2D eigenvalue weighted by atomic mass is 9.86. The molecule has 5 rings (SSSR count). The lowest BCUT2D eigenvalue weighted by Gasteiger charge is -2.39. The molecule has 2 fully saturated rings. The molecule has 2 heterocycles. The first-order valence-corrected chi connectivity index (χ1v) is 14.1. The number of fused-ring (bicyclic) bond motifs is 1. The smallest absolute Gasteiger partial charge is 0.245 e. The summed E-state index contributed by atoms with van der Waals surface area (Å²) in [7, 11) is 0. The van der Waals surface area contributed by atoms with Gasteiger partial charge in [0, 0.05) is 24.8 Å². The summed E-state index contributed by atoms with van der Waals surface area (Å²) in [4.78, 5) is 44.1. The molecule has 1 atom stereocenters. The Morgan fingerprint density at radius 2 is 1.63 bits per heavy atom. The van der Waals surface area contributed by atoms with E-state index in [1.807, 2.05) is 78.2 Å². The number of hydrogen-bond acceptors (Lipinski definition) is 4. The van der Waals surface area contributed by atoms with Crippen molar-refractivity contribution in [1.29, 1.82) is 0 Å². The number of likely N-dealkylation sites (tertiary alicyclic amines) is 1. The van der Waals surface area contributed by atoms with E-state index in [1.54, 1.807) is 0 Å². The van der Waals surface area contributed by atoms with Crippen LogP contribution in [0.4, 0.5) is 5.69 Å². The molecule has 3 N–H and O–H groups in total. The summed E-state index contributed by atoms with van der Waals surface area (Å²) in [6, 6.07) is 17.5. The molecule has 1 unspecified atom stereocenters. The first-order chi connectivity index (χ1) is 18.2. The van der Waals surface area contributed by atoms with Crippen molar-refractivity contribution in [3.05, 3.63) is 65.7 Å². The molecule has 1 aliphatic carbocycles. The molecular formula is C31H40N4O3. The van der Waals surface area contributed by atoms with E-state index in [1.165, 1.54) is 0 Å². The molecule has 0 aromatic heterocycles. The number of benzene rings is 2. The molecule has 2 aromatic carbocycles. The van der Waals surface area contributed by atoms with E-state index in [4.69, 9.17) is 5.73 Å². The SMILES string of the molecule is CC1(C)C(=O)N(C2CCN(C(=O)C(CCc3ccccc3)NC(=O)C3(N)CCCC3)CC2)c2ccccc21. The summed E-state index contributed by atoms with van der Waals surface area (Å²) in [5.41, 5.74) is 8.19. The highest BCUT2D eigenvalue weighted by Gasteiger charge is 2.47. The second kappa shape index (κ2) is 10.5. The zero-order valence-corrected chi connectivity index (χ0v) is 22.6. The van der Waals surface area contributed by atoms with Crippen LogP contribution in [0.5, 0.6) is 0 Å². The fourth-order valence-corrected chi connectivity index (χ4v) is 6.41. The van der Waals surface area contributed by atoms with Gasteiger partial charge in [-0.05, 0) is 69.6 Å². The molecule has 0 bridgehead atoms. The van der Waals surface area contributed by atoms with Crippen molar-refractivity contribution in [3.8, 4) is 0 Å². The number of piperidine rings is 1. The Bertz CT molecular complexity index is 1180. The Balaban J connectivity index is 1.27. The maximum absolute atomic E-state index is 13.8. The van der Waals surface area contributed by atoms with E-state index in [0.29, 0.717) is 51.6 Å². The Hall–Kier alpha value is -3.19. The third-order valence-corrected chi connectivity index (χ3v) is 8.85. The van der Waals surface area contributed by atoms with Crippen molar-refractivity contribution in [2.24, 2.45) is 5.73 Å². The Labute approximate surface area is 225 Å². The third-order valence-electron chi connectivity index (χ3n) is 8.85. The summed E-state index contributed by atoms with van der Waals surface area (Å²) in [5.74, 6) is -0.137. The van der Waals surface area contributed by atoms with Gasteiger partial charge in [-0.2, -0.15) is 0 Å². The molecule has 7 heteroatoms. The predicted molar refractivity (Wildman–Crippen MR) is 149 cm³/mol. The van der Waals surface area contributed by atoms with E-state index in [-0.39, 0.29) is 23.8 Å². The van der Waals surface area contributed by atoms with Crippen LogP contribution < -0.4 is 16.0 Å². The van der Waals surface area contributed by atoms with Crippen LogP contribution in [0.3, 0.4) is 0 Å². The summed E-state index contributed by atoms with van der Waals surface area (Å²) >= 11 is 0. The molecule has 7 nitrogen and oxygen atoms in total. The monoisotopic (exact) mass is 516 g/mol. The average Bonchev–Trinajstić information content (AvgIpc) is 3.47. The standard InChI is InChI=1S/C31H40N4O3/c1-30(2)24-12-6-7-13-26(24)35(29(30)38)23-16-20-34(21-17-23)27(36)25(15-14-22-10-4-3-5-11-22)33-28(37)31(32)18-8-9-19-31/h3-7,10-13,23,25H,8-9,14-21,32H2,1-2H3,(H,33,37). The van der Waals surface area contributed by atoms with Crippen molar-refractivity contribution in [2.75, 3.05) is 18.0 Å². The largest absolute Gasteiger partial charge is 0.343 e. The zero-order chi connectivity index (χ0) is 26.9. The molecule has 1 saturated heterocycles. The zero-order valence-electron chi connectivity index (χ0n) is 22.6. The van der Waals surface area contributed by atoms with E-state index in [0.717, 1.165) is 29.7 Å². The molecule has 1 saturated carbocycles. The number of carbonyl (C=O) groups excluding carboxylic acids is 3. The molecule has 202 valence electrons. The number of amides is 3. The van der Waals surface area contributed by atoms with Crippen LogP contribution in [-0.4, -0.2) is 53.3 Å². The minimum atomic E-state index is -0.880. The molecule has 0 radical (unpaired) electrons. The van der Waals surface area contributed by atoms with Crippen LogP contribution in [0.1, 0.15) is 69.9 Å². The van der Waals surface area contributed by atoms with Crippen molar-refractivity contribution in [1.82, 2.24) is 10.2 Å². The number of hydrogen-bond donors (Lipinski definition) is 2. The van der Waals surface area contributed by atoms with Crippen molar-refractivity contribution in [2.45, 2.75) is 88.3 Å². The van der Waals surface area contributed by atoms with E-state index in [9.17, 15) is 14.4 Å². The van der Waals surface area contributed by atoms with Gasteiger partial charge in [0.1, 0.15) is 6.04 Å². The Morgan fingerprint density at radius 3 is 2.32 bits per heavy atom. The molecular weight excluding hydrogens is 476 g/mol. The fraction of sp³-hybridized carbons (Fsp3) is 0.516.